The molecule has 1 saturated heterocycles. The van der Waals surface area contributed by atoms with Gasteiger partial charge in [0.15, 0.2) is 0 Å². The average molecular weight is 397 g/mol. The van der Waals surface area contributed by atoms with Crippen molar-refractivity contribution in [2.24, 2.45) is 0 Å². The van der Waals surface area contributed by atoms with Gasteiger partial charge in [-0.25, -0.2) is 4.39 Å². The zero-order chi connectivity index (χ0) is 18.7. The van der Waals surface area contributed by atoms with Crippen molar-refractivity contribution in [3.05, 3.63) is 63.9 Å². The van der Waals surface area contributed by atoms with Gasteiger partial charge in [0.25, 0.3) is 11.8 Å². The summed E-state index contributed by atoms with van der Waals surface area (Å²) < 4.78 is 19.3. The number of rotatable bonds is 4. The molecule has 1 aliphatic rings. The van der Waals surface area contributed by atoms with Crippen LogP contribution in [0.5, 0.6) is 0 Å². The lowest BCUT2D eigenvalue weighted by molar-refractivity contribution is -0.129. The van der Waals surface area contributed by atoms with E-state index in [0.29, 0.717) is 10.7 Å². The highest BCUT2D eigenvalue weighted by atomic mass is 35.5. The molecule has 0 aromatic heterocycles. The van der Waals surface area contributed by atoms with E-state index in [-0.39, 0.29) is 36.2 Å². The number of hydrogen-bond donors (Lipinski definition) is 1. The summed E-state index contributed by atoms with van der Waals surface area (Å²) in [5, 5.41) is 3.14. The molecule has 2 aromatic carbocycles. The van der Waals surface area contributed by atoms with Gasteiger partial charge >= 0.3 is 0 Å². The predicted octanol–water partition coefficient (Wildman–Crippen LogP) is 3.29. The molecule has 0 radical (unpaired) electrons. The van der Waals surface area contributed by atoms with Crippen molar-refractivity contribution in [1.82, 2.24) is 5.32 Å². The van der Waals surface area contributed by atoms with Gasteiger partial charge in [-0.3, -0.25) is 9.59 Å². The van der Waals surface area contributed by atoms with Crippen LogP contribution in [0, 0.1) is 5.82 Å². The zero-order valence-corrected chi connectivity index (χ0v) is 15.1. The van der Waals surface area contributed by atoms with Crippen molar-refractivity contribution in [3.63, 3.8) is 0 Å². The highest BCUT2D eigenvalue weighted by Gasteiger charge is 2.28. The molecule has 2 amide bonds. The van der Waals surface area contributed by atoms with Crippen LogP contribution in [0.25, 0.3) is 0 Å². The Hall–Kier alpha value is -2.15. The number of ether oxygens (including phenoxy) is 1. The highest BCUT2D eigenvalue weighted by Crippen LogP contribution is 2.22. The van der Waals surface area contributed by atoms with Crippen LogP contribution < -0.4 is 10.2 Å². The molecule has 5 nitrogen and oxygen atoms in total. The van der Waals surface area contributed by atoms with Crippen LogP contribution in [0.3, 0.4) is 0 Å². The topological polar surface area (TPSA) is 58.6 Å². The monoisotopic (exact) mass is 396 g/mol. The zero-order valence-electron chi connectivity index (χ0n) is 13.5. The first-order valence-corrected chi connectivity index (χ1v) is 8.61. The standard InChI is InChI=1S/C18H15Cl2FN2O3/c19-11-3-1-4-12(7-11)23-9-13(26-10-16(23)24)8-22-18(25)17-14(20)5-2-6-15(17)21/h1-7,13H,8-10H2,(H,22,25). The number of hydrogen-bond acceptors (Lipinski definition) is 3. The van der Waals surface area contributed by atoms with Crippen molar-refractivity contribution in [2.45, 2.75) is 6.10 Å². The molecular weight excluding hydrogens is 382 g/mol. The molecule has 8 heteroatoms. The molecule has 3 rings (SSSR count). The lowest BCUT2D eigenvalue weighted by Gasteiger charge is -2.33. The fourth-order valence-corrected chi connectivity index (χ4v) is 3.09. The summed E-state index contributed by atoms with van der Waals surface area (Å²) >= 11 is 11.9. The molecule has 136 valence electrons. The molecule has 1 aliphatic heterocycles. The van der Waals surface area contributed by atoms with Gasteiger partial charge in [-0.05, 0) is 30.3 Å². The third-order valence-electron chi connectivity index (χ3n) is 3.93. The number of halogens is 3. The van der Waals surface area contributed by atoms with E-state index < -0.39 is 17.8 Å². The molecule has 0 saturated carbocycles. The Bertz CT molecular complexity index is 827. The smallest absolute Gasteiger partial charge is 0.255 e. The van der Waals surface area contributed by atoms with Crippen molar-refractivity contribution in [2.75, 3.05) is 24.6 Å². The third-order valence-corrected chi connectivity index (χ3v) is 4.48. The number of anilines is 1. The van der Waals surface area contributed by atoms with Gasteiger partial charge in [-0.2, -0.15) is 0 Å². The largest absolute Gasteiger partial charge is 0.365 e. The van der Waals surface area contributed by atoms with Crippen molar-refractivity contribution in [1.29, 1.82) is 0 Å². The molecule has 0 aliphatic carbocycles. The van der Waals surface area contributed by atoms with Crippen molar-refractivity contribution in [3.8, 4) is 0 Å². The summed E-state index contributed by atoms with van der Waals surface area (Å²) in [6.45, 7) is 0.228. The fraction of sp³-hybridized carbons (Fsp3) is 0.222. The van der Waals surface area contributed by atoms with E-state index in [2.05, 4.69) is 5.32 Å². The summed E-state index contributed by atoms with van der Waals surface area (Å²) in [4.78, 5) is 25.8. The normalized spacial score (nSPS) is 17.3. The molecule has 1 N–H and O–H groups in total. The lowest BCUT2D eigenvalue weighted by Crippen LogP contribution is -2.50. The van der Waals surface area contributed by atoms with E-state index in [1.165, 1.54) is 12.1 Å². The number of nitrogens with zero attached hydrogens (tertiary/aromatic N) is 1. The first kappa shape index (κ1) is 18.6. The second-order valence-corrected chi connectivity index (χ2v) is 6.57. The number of nitrogens with one attached hydrogen (secondary N) is 1. The number of carbonyl (C=O) groups excluding carboxylic acids is 2. The Morgan fingerprint density at radius 2 is 2.04 bits per heavy atom. The number of benzene rings is 2. The van der Waals surface area contributed by atoms with Gasteiger partial charge in [0.05, 0.1) is 23.2 Å². The maximum absolute atomic E-state index is 13.8. The van der Waals surface area contributed by atoms with E-state index in [4.69, 9.17) is 27.9 Å². The first-order chi connectivity index (χ1) is 12.5. The fourth-order valence-electron chi connectivity index (χ4n) is 2.65. The summed E-state index contributed by atoms with van der Waals surface area (Å²) in [7, 11) is 0. The van der Waals surface area contributed by atoms with Crippen LogP contribution in [0.2, 0.25) is 10.0 Å². The van der Waals surface area contributed by atoms with E-state index in [1.807, 2.05) is 0 Å². The molecule has 1 unspecified atom stereocenters. The molecule has 1 fully saturated rings. The molecule has 2 aromatic rings. The summed E-state index contributed by atoms with van der Waals surface area (Å²) in [5.41, 5.74) is 0.437. The van der Waals surface area contributed by atoms with Gasteiger partial charge in [0.1, 0.15) is 12.4 Å². The average Bonchev–Trinajstić information content (AvgIpc) is 2.61. The van der Waals surface area contributed by atoms with Crippen LogP contribution >= 0.6 is 23.2 Å². The summed E-state index contributed by atoms with van der Waals surface area (Å²) in [6, 6.07) is 10.9. The van der Waals surface area contributed by atoms with E-state index in [0.717, 1.165) is 6.07 Å². The number of carbonyl (C=O) groups is 2. The van der Waals surface area contributed by atoms with Gasteiger partial charge < -0.3 is 15.0 Å². The Morgan fingerprint density at radius 3 is 2.77 bits per heavy atom. The Labute approximate surface area is 159 Å². The Kier molecular flexibility index (Phi) is 5.76. The second-order valence-electron chi connectivity index (χ2n) is 5.72. The SMILES string of the molecule is O=C(NCC1CN(c2cccc(Cl)c2)C(=O)CO1)c1c(F)cccc1Cl. The van der Waals surface area contributed by atoms with Gasteiger partial charge in [-0.15, -0.1) is 0 Å². The van der Waals surface area contributed by atoms with E-state index >= 15 is 0 Å². The van der Waals surface area contributed by atoms with E-state index in [9.17, 15) is 14.0 Å². The molecule has 1 atom stereocenters. The number of amides is 2. The predicted molar refractivity (Wildman–Crippen MR) is 97.3 cm³/mol. The lowest BCUT2D eigenvalue weighted by atomic mass is 10.2. The second kappa shape index (κ2) is 8.03. The maximum Gasteiger partial charge on any atom is 0.255 e. The van der Waals surface area contributed by atoms with Gasteiger partial charge in [0, 0.05) is 17.3 Å². The molecular formula is C18H15Cl2FN2O3. The van der Waals surface area contributed by atoms with Crippen LogP contribution in [-0.2, 0) is 9.53 Å². The van der Waals surface area contributed by atoms with Crippen molar-refractivity contribution >= 4 is 40.7 Å². The van der Waals surface area contributed by atoms with Gasteiger partial charge in [-0.1, -0.05) is 35.3 Å². The van der Waals surface area contributed by atoms with Crippen LogP contribution in [0.4, 0.5) is 10.1 Å². The minimum atomic E-state index is -0.699. The molecule has 0 bridgehead atoms. The molecule has 26 heavy (non-hydrogen) atoms. The summed E-state index contributed by atoms with van der Waals surface area (Å²) in [5.74, 6) is -1.54. The Balaban J connectivity index is 1.65. The third kappa shape index (κ3) is 4.15. The summed E-state index contributed by atoms with van der Waals surface area (Å²) in [6.07, 6.45) is -0.443. The minimum Gasteiger partial charge on any atom is -0.365 e. The van der Waals surface area contributed by atoms with Crippen LogP contribution in [0.1, 0.15) is 10.4 Å². The minimum absolute atomic E-state index is 0.0304. The first-order valence-electron chi connectivity index (χ1n) is 7.85. The number of morpholine rings is 1. The van der Waals surface area contributed by atoms with Gasteiger partial charge in [0.2, 0.25) is 0 Å². The van der Waals surface area contributed by atoms with Crippen LogP contribution in [-0.4, -0.2) is 37.6 Å². The highest BCUT2D eigenvalue weighted by molar-refractivity contribution is 6.33. The molecule has 1 heterocycles. The molecule has 0 spiro atoms. The van der Waals surface area contributed by atoms with Crippen molar-refractivity contribution < 1.29 is 18.7 Å². The Morgan fingerprint density at radius 1 is 1.27 bits per heavy atom. The maximum atomic E-state index is 13.8. The quantitative estimate of drug-likeness (QED) is 0.862. The van der Waals surface area contributed by atoms with E-state index in [1.54, 1.807) is 29.2 Å². The van der Waals surface area contributed by atoms with Crippen LogP contribution in [0.15, 0.2) is 42.5 Å².